The van der Waals surface area contributed by atoms with Gasteiger partial charge in [-0.15, -0.1) is 0 Å². The van der Waals surface area contributed by atoms with E-state index in [4.69, 9.17) is 24.1 Å². The molecule has 1 aliphatic heterocycles. The lowest BCUT2D eigenvalue weighted by atomic mass is 9.90. The fraction of sp³-hybridized carbons (Fsp3) is 0.387. The number of benzene rings is 2. The number of nitrogens with zero attached hydrogens (tertiary/aromatic N) is 1. The first-order valence-electron chi connectivity index (χ1n) is 13.8. The molecule has 1 fully saturated rings. The number of aliphatic hydroxyl groups excluding tert-OH is 2. The molecule has 11 heteroatoms. The molecule has 2 aromatic rings. The first-order valence-corrected chi connectivity index (χ1v) is 13.8. The Hall–Kier alpha value is -4.03. The minimum atomic E-state index is -0.849. The standard InChI is InChI=1S/C31H36N2O9/c1-33(25(29(36)32-12-13-34)17-21-7-3-2-4-8-21)30(37)23-18-26-28(41-20-40-26)27(19-23)42-31(38)24-10-6-5-9-22(24)11-15-39-16-14-35/h2-11,15,18,25-28,34-35H,12-14,16-17,19-20H2,1H3,(H,32,36). The van der Waals surface area contributed by atoms with Gasteiger partial charge in [-0.3, -0.25) is 9.59 Å². The van der Waals surface area contributed by atoms with Gasteiger partial charge in [-0.25, -0.2) is 4.79 Å². The zero-order valence-electron chi connectivity index (χ0n) is 23.4. The molecule has 0 saturated carbocycles. The summed E-state index contributed by atoms with van der Waals surface area (Å²) in [5.74, 6) is -1.41. The summed E-state index contributed by atoms with van der Waals surface area (Å²) in [6.07, 6.45) is 2.97. The lowest BCUT2D eigenvalue weighted by Crippen LogP contribution is -2.51. The quantitative estimate of drug-likeness (QED) is 0.182. The van der Waals surface area contributed by atoms with Crippen molar-refractivity contribution in [3.05, 3.63) is 89.2 Å². The lowest BCUT2D eigenvalue weighted by Gasteiger charge is -2.33. The normalized spacial score (nSPS) is 20.4. The van der Waals surface area contributed by atoms with Gasteiger partial charge in [0.1, 0.15) is 37.8 Å². The molecule has 2 aromatic carbocycles. The number of ether oxygens (including phenoxy) is 4. The smallest absolute Gasteiger partial charge is 0.339 e. The third-order valence-electron chi connectivity index (χ3n) is 7.04. The molecule has 2 amide bonds. The van der Waals surface area contributed by atoms with Crippen molar-refractivity contribution >= 4 is 23.9 Å². The zero-order chi connectivity index (χ0) is 29.9. The van der Waals surface area contributed by atoms with E-state index in [-0.39, 0.29) is 46.0 Å². The van der Waals surface area contributed by atoms with Gasteiger partial charge >= 0.3 is 5.97 Å². The summed E-state index contributed by atoms with van der Waals surface area (Å²) in [4.78, 5) is 41.5. The molecule has 2 aliphatic rings. The SMILES string of the molecule is CN(C(=O)C1=CC2OCOC2C(OC(=O)c2ccccc2C=COCCO)C1)C(Cc1ccccc1)C(=O)NCCO. The van der Waals surface area contributed by atoms with Gasteiger partial charge < -0.3 is 39.4 Å². The maximum absolute atomic E-state index is 13.8. The van der Waals surface area contributed by atoms with Gasteiger partial charge in [0, 0.05) is 32.0 Å². The van der Waals surface area contributed by atoms with Crippen LogP contribution in [-0.2, 0) is 35.0 Å². The highest BCUT2D eigenvalue weighted by Crippen LogP contribution is 2.32. The van der Waals surface area contributed by atoms with Gasteiger partial charge in [0.15, 0.2) is 0 Å². The minimum Gasteiger partial charge on any atom is -0.499 e. The number of amides is 2. The summed E-state index contributed by atoms with van der Waals surface area (Å²) in [7, 11) is 1.55. The highest BCUT2D eigenvalue weighted by molar-refractivity contribution is 5.97. The van der Waals surface area contributed by atoms with Gasteiger partial charge in [-0.2, -0.15) is 0 Å². The van der Waals surface area contributed by atoms with Crippen molar-refractivity contribution in [2.45, 2.75) is 37.2 Å². The second-order valence-corrected chi connectivity index (χ2v) is 9.84. The third kappa shape index (κ3) is 7.83. The van der Waals surface area contributed by atoms with E-state index in [2.05, 4.69) is 5.32 Å². The fourth-order valence-electron chi connectivity index (χ4n) is 4.89. The van der Waals surface area contributed by atoms with Gasteiger partial charge in [0.2, 0.25) is 11.8 Å². The van der Waals surface area contributed by atoms with E-state index in [1.807, 2.05) is 30.3 Å². The van der Waals surface area contributed by atoms with E-state index >= 15 is 0 Å². The predicted octanol–water partition coefficient (Wildman–Crippen LogP) is 1.44. The molecular formula is C31H36N2O9. The van der Waals surface area contributed by atoms with Crippen molar-refractivity contribution in [2.24, 2.45) is 0 Å². The van der Waals surface area contributed by atoms with E-state index in [0.29, 0.717) is 16.7 Å². The Morgan fingerprint density at radius 1 is 1.07 bits per heavy atom. The van der Waals surface area contributed by atoms with Crippen LogP contribution in [0.4, 0.5) is 0 Å². The average molecular weight is 581 g/mol. The van der Waals surface area contributed by atoms with Crippen LogP contribution in [0.2, 0.25) is 0 Å². The Kier molecular flexibility index (Phi) is 11.2. The Bertz CT molecular complexity index is 1280. The molecule has 0 spiro atoms. The molecule has 11 nitrogen and oxygen atoms in total. The van der Waals surface area contributed by atoms with Crippen molar-refractivity contribution in [1.82, 2.24) is 10.2 Å². The van der Waals surface area contributed by atoms with Crippen LogP contribution in [-0.4, -0.2) is 97.5 Å². The summed E-state index contributed by atoms with van der Waals surface area (Å²) in [6.45, 7) is -0.192. The highest BCUT2D eigenvalue weighted by Gasteiger charge is 2.43. The number of carbonyl (C=O) groups excluding carboxylic acids is 3. The number of hydrogen-bond donors (Lipinski definition) is 3. The zero-order valence-corrected chi connectivity index (χ0v) is 23.4. The molecule has 1 saturated heterocycles. The number of likely N-dealkylation sites (N-methyl/N-ethyl adjacent to an activating group) is 1. The van der Waals surface area contributed by atoms with Crippen LogP contribution in [0.15, 0.2) is 72.5 Å². The van der Waals surface area contributed by atoms with Crippen molar-refractivity contribution in [3.8, 4) is 0 Å². The number of esters is 1. The summed E-state index contributed by atoms with van der Waals surface area (Å²) in [5, 5.41) is 20.8. The van der Waals surface area contributed by atoms with E-state index < -0.39 is 42.1 Å². The second-order valence-electron chi connectivity index (χ2n) is 9.84. The van der Waals surface area contributed by atoms with Crippen LogP contribution >= 0.6 is 0 Å². The molecule has 3 N–H and O–H groups in total. The molecule has 224 valence electrons. The third-order valence-corrected chi connectivity index (χ3v) is 7.04. The largest absolute Gasteiger partial charge is 0.499 e. The van der Waals surface area contributed by atoms with Crippen LogP contribution in [0.25, 0.3) is 6.08 Å². The molecule has 0 aromatic heterocycles. The molecule has 4 atom stereocenters. The van der Waals surface area contributed by atoms with Crippen LogP contribution in [0, 0.1) is 0 Å². The van der Waals surface area contributed by atoms with E-state index in [1.165, 1.54) is 11.2 Å². The maximum Gasteiger partial charge on any atom is 0.339 e. The first-order chi connectivity index (χ1) is 20.4. The van der Waals surface area contributed by atoms with Crippen LogP contribution in [0.3, 0.4) is 0 Å². The lowest BCUT2D eigenvalue weighted by molar-refractivity contribution is -0.137. The molecular weight excluding hydrogens is 544 g/mol. The number of hydrogen-bond acceptors (Lipinski definition) is 9. The summed E-state index contributed by atoms with van der Waals surface area (Å²) in [6, 6.07) is 15.3. The molecule has 1 aliphatic carbocycles. The number of fused-ring (bicyclic) bond motifs is 1. The molecule has 1 heterocycles. The summed E-state index contributed by atoms with van der Waals surface area (Å²) >= 11 is 0. The molecule has 4 rings (SSSR count). The molecule has 42 heavy (non-hydrogen) atoms. The molecule has 4 unspecified atom stereocenters. The second kappa shape index (κ2) is 15.3. The summed E-state index contributed by atoms with van der Waals surface area (Å²) < 4.78 is 22.5. The number of aliphatic hydroxyl groups is 2. The van der Waals surface area contributed by atoms with Crippen LogP contribution in [0.1, 0.15) is 27.9 Å². The molecule has 0 radical (unpaired) electrons. The van der Waals surface area contributed by atoms with Crippen LogP contribution in [0.5, 0.6) is 0 Å². The van der Waals surface area contributed by atoms with Crippen molar-refractivity contribution in [3.63, 3.8) is 0 Å². The van der Waals surface area contributed by atoms with E-state index in [1.54, 1.807) is 43.5 Å². The van der Waals surface area contributed by atoms with E-state index in [9.17, 15) is 19.5 Å². The fourth-order valence-corrected chi connectivity index (χ4v) is 4.89. The number of nitrogens with one attached hydrogen (secondary N) is 1. The number of rotatable bonds is 13. The monoisotopic (exact) mass is 580 g/mol. The minimum absolute atomic E-state index is 0.0150. The molecule has 0 bridgehead atoms. The van der Waals surface area contributed by atoms with Gasteiger partial charge in [-0.05, 0) is 29.3 Å². The summed E-state index contributed by atoms with van der Waals surface area (Å²) in [5.41, 5.74) is 2.05. The highest BCUT2D eigenvalue weighted by atomic mass is 16.7. The van der Waals surface area contributed by atoms with Gasteiger partial charge in [-0.1, -0.05) is 48.5 Å². The van der Waals surface area contributed by atoms with E-state index in [0.717, 1.165) is 5.56 Å². The van der Waals surface area contributed by atoms with Gasteiger partial charge in [0.25, 0.3) is 0 Å². The first kappa shape index (κ1) is 30.9. The Labute approximate surface area is 244 Å². The Morgan fingerprint density at radius 2 is 1.83 bits per heavy atom. The van der Waals surface area contributed by atoms with Crippen molar-refractivity contribution in [1.29, 1.82) is 0 Å². The Morgan fingerprint density at radius 3 is 2.60 bits per heavy atom. The Balaban J connectivity index is 1.52. The van der Waals surface area contributed by atoms with Gasteiger partial charge in [0.05, 0.1) is 25.0 Å². The average Bonchev–Trinajstić information content (AvgIpc) is 3.50. The van der Waals surface area contributed by atoms with Crippen LogP contribution < -0.4 is 5.32 Å². The predicted molar refractivity (Wildman–Crippen MR) is 152 cm³/mol. The topological polar surface area (TPSA) is 144 Å². The van der Waals surface area contributed by atoms with Crippen molar-refractivity contribution < 1.29 is 43.5 Å². The van der Waals surface area contributed by atoms with Crippen molar-refractivity contribution in [2.75, 3.05) is 40.2 Å². The maximum atomic E-state index is 13.8. The number of carbonyl (C=O) groups is 3.